The first-order chi connectivity index (χ1) is 17.0. The number of fused-ring (bicyclic) bond motifs is 1. The normalized spacial score (nSPS) is 16.9. The number of carbonyl (C=O) groups is 1. The lowest BCUT2D eigenvalue weighted by Crippen LogP contribution is -2.31. The van der Waals surface area contributed by atoms with Crippen LogP contribution in [0, 0.1) is 5.82 Å². The summed E-state index contributed by atoms with van der Waals surface area (Å²) < 4.78 is 32.4. The Morgan fingerprint density at radius 1 is 1.11 bits per heavy atom. The highest BCUT2D eigenvalue weighted by Crippen LogP contribution is 2.45. The van der Waals surface area contributed by atoms with E-state index in [-0.39, 0.29) is 11.6 Å². The summed E-state index contributed by atoms with van der Waals surface area (Å²) in [4.78, 5) is 17.8. The van der Waals surface area contributed by atoms with Crippen molar-refractivity contribution in [3.63, 3.8) is 0 Å². The largest absolute Gasteiger partial charge is 0.493 e. The number of aromatic nitrogens is 3. The van der Waals surface area contributed by atoms with Gasteiger partial charge in [-0.3, -0.25) is 4.79 Å². The molecule has 2 aliphatic rings. The Morgan fingerprint density at radius 3 is 2.54 bits per heavy atom. The predicted octanol–water partition coefficient (Wildman–Crippen LogP) is 4.76. The number of hydrogen-bond acceptors (Lipinski definition) is 8. The van der Waals surface area contributed by atoms with Crippen molar-refractivity contribution < 1.29 is 23.4 Å². The van der Waals surface area contributed by atoms with Gasteiger partial charge in [0, 0.05) is 23.4 Å². The van der Waals surface area contributed by atoms with Crippen LogP contribution in [-0.2, 0) is 10.5 Å². The molecule has 8 nitrogen and oxygen atoms in total. The predicted molar refractivity (Wildman–Crippen MR) is 130 cm³/mol. The molecule has 10 heteroatoms. The molecule has 0 unspecified atom stereocenters. The number of anilines is 1. The Hall–Kier alpha value is -3.53. The summed E-state index contributed by atoms with van der Waals surface area (Å²) in [5.41, 5.74) is 2.85. The Labute approximate surface area is 206 Å². The van der Waals surface area contributed by atoms with Gasteiger partial charge in [0.1, 0.15) is 11.9 Å². The molecule has 1 atom stereocenters. The standard InChI is InChI=1S/C25H25FN4O4S/c1-32-19-11-15(12-20(33-2)23(19)34-3)22-21-17(9-6-10-18(21)31)27-24-28-25(29-30(22)24)35-13-14-7-4-5-8-16(14)26/h4-5,7-8,11-12,22H,6,9-10,13H2,1-3H3,(H,27,28,29)/t22-/m0/s1. The zero-order valence-corrected chi connectivity index (χ0v) is 20.4. The highest BCUT2D eigenvalue weighted by Gasteiger charge is 2.37. The Morgan fingerprint density at radius 2 is 1.86 bits per heavy atom. The average molecular weight is 497 g/mol. The molecule has 1 aliphatic carbocycles. The van der Waals surface area contributed by atoms with Crippen LogP contribution >= 0.6 is 11.8 Å². The fourth-order valence-electron chi connectivity index (χ4n) is 4.52. The van der Waals surface area contributed by atoms with Crippen LogP contribution in [0.1, 0.15) is 36.4 Å². The monoisotopic (exact) mass is 496 g/mol. The van der Waals surface area contributed by atoms with Crippen LogP contribution in [0.25, 0.3) is 0 Å². The number of halogens is 1. The van der Waals surface area contributed by atoms with Crippen molar-refractivity contribution in [1.29, 1.82) is 0 Å². The molecule has 2 aromatic carbocycles. The van der Waals surface area contributed by atoms with E-state index >= 15 is 0 Å². The SMILES string of the molecule is COc1cc([C@H]2C3=C(CCCC3=O)Nc3nc(SCc4ccccc4F)nn32)cc(OC)c1OC. The molecule has 35 heavy (non-hydrogen) atoms. The summed E-state index contributed by atoms with van der Waals surface area (Å²) in [6.07, 6.45) is 1.99. The summed E-state index contributed by atoms with van der Waals surface area (Å²) in [6.45, 7) is 0. The maximum Gasteiger partial charge on any atom is 0.227 e. The van der Waals surface area contributed by atoms with Crippen LogP contribution in [0.15, 0.2) is 52.8 Å². The van der Waals surface area contributed by atoms with Crippen LogP contribution in [0.4, 0.5) is 10.3 Å². The van der Waals surface area contributed by atoms with Gasteiger partial charge in [0.2, 0.25) is 16.9 Å². The van der Waals surface area contributed by atoms with E-state index in [9.17, 15) is 9.18 Å². The number of ether oxygens (including phenoxy) is 3. The number of benzene rings is 2. The molecular formula is C25H25FN4O4S. The minimum Gasteiger partial charge on any atom is -0.493 e. The Balaban J connectivity index is 1.58. The molecule has 0 bridgehead atoms. The first-order valence-corrected chi connectivity index (χ1v) is 12.2. The lowest BCUT2D eigenvalue weighted by molar-refractivity contribution is -0.116. The lowest BCUT2D eigenvalue weighted by Gasteiger charge is -2.32. The number of carbonyl (C=O) groups excluding carboxylic acids is 1. The minimum atomic E-state index is -0.516. The third-order valence-corrected chi connectivity index (χ3v) is 7.05. The van der Waals surface area contributed by atoms with Gasteiger partial charge in [-0.1, -0.05) is 30.0 Å². The third kappa shape index (κ3) is 4.22. The second kappa shape index (κ2) is 9.61. The van der Waals surface area contributed by atoms with E-state index in [4.69, 9.17) is 19.3 Å². The van der Waals surface area contributed by atoms with Crippen molar-refractivity contribution >= 4 is 23.5 Å². The van der Waals surface area contributed by atoms with Gasteiger partial charge in [0.05, 0.1) is 21.3 Å². The maximum absolute atomic E-state index is 14.1. The fraction of sp³-hybridized carbons (Fsp3) is 0.320. The van der Waals surface area contributed by atoms with Crippen molar-refractivity contribution in [2.45, 2.75) is 36.2 Å². The highest BCUT2D eigenvalue weighted by atomic mass is 32.2. The summed E-state index contributed by atoms with van der Waals surface area (Å²) in [7, 11) is 4.65. The molecule has 0 amide bonds. The summed E-state index contributed by atoms with van der Waals surface area (Å²) in [6, 6.07) is 9.80. The average Bonchev–Trinajstić information content (AvgIpc) is 3.28. The zero-order chi connectivity index (χ0) is 24.5. The number of rotatable bonds is 7. The molecule has 5 rings (SSSR count). The highest BCUT2D eigenvalue weighted by molar-refractivity contribution is 7.98. The number of nitrogens with zero attached hydrogens (tertiary/aromatic N) is 3. The molecule has 1 aliphatic heterocycles. The molecule has 0 spiro atoms. The van der Waals surface area contributed by atoms with Gasteiger partial charge >= 0.3 is 0 Å². The van der Waals surface area contributed by atoms with E-state index in [0.29, 0.717) is 51.7 Å². The van der Waals surface area contributed by atoms with E-state index in [1.807, 2.05) is 12.1 Å². The number of ketones is 1. The topological polar surface area (TPSA) is 87.5 Å². The number of nitrogens with one attached hydrogen (secondary N) is 1. The number of allylic oxidation sites excluding steroid dienone is 2. The van der Waals surface area contributed by atoms with Crippen LogP contribution < -0.4 is 19.5 Å². The van der Waals surface area contributed by atoms with Crippen LogP contribution in [0.3, 0.4) is 0 Å². The molecule has 1 aromatic heterocycles. The van der Waals surface area contributed by atoms with E-state index in [2.05, 4.69) is 10.3 Å². The van der Waals surface area contributed by atoms with E-state index < -0.39 is 6.04 Å². The van der Waals surface area contributed by atoms with Crippen LogP contribution in [0.2, 0.25) is 0 Å². The van der Waals surface area contributed by atoms with Crippen LogP contribution in [-0.4, -0.2) is 41.9 Å². The zero-order valence-electron chi connectivity index (χ0n) is 19.6. The van der Waals surface area contributed by atoms with E-state index in [0.717, 1.165) is 24.1 Å². The van der Waals surface area contributed by atoms with Crippen LogP contribution in [0.5, 0.6) is 17.2 Å². The second-order valence-corrected chi connectivity index (χ2v) is 9.14. The number of Topliss-reactive ketones (excluding diaryl/α,β-unsaturated/α-hetero) is 1. The fourth-order valence-corrected chi connectivity index (χ4v) is 5.34. The summed E-state index contributed by atoms with van der Waals surface area (Å²) >= 11 is 1.34. The Kier molecular flexibility index (Phi) is 6.38. The molecule has 3 aromatic rings. The lowest BCUT2D eigenvalue weighted by atomic mass is 9.85. The van der Waals surface area contributed by atoms with Crippen molar-refractivity contribution in [3.05, 3.63) is 64.6 Å². The van der Waals surface area contributed by atoms with Crippen molar-refractivity contribution in [2.24, 2.45) is 0 Å². The van der Waals surface area contributed by atoms with Gasteiger partial charge < -0.3 is 19.5 Å². The van der Waals surface area contributed by atoms with Crippen molar-refractivity contribution in [3.8, 4) is 17.2 Å². The smallest absolute Gasteiger partial charge is 0.227 e. The number of thioether (sulfide) groups is 1. The molecular weight excluding hydrogens is 471 g/mol. The molecule has 2 heterocycles. The first-order valence-electron chi connectivity index (χ1n) is 11.2. The third-order valence-electron chi connectivity index (χ3n) is 6.17. The minimum absolute atomic E-state index is 0.0687. The van der Waals surface area contributed by atoms with Crippen molar-refractivity contribution in [2.75, 3.05) is 26.6 Å². The second-order valence-electron chi connectivity index (χ2n) is 8.20. The quantitative estimate of drug-likeness (QED) is 0.469. The Bertz CT molecular complexity index is 1300. The maximum atomic E-state index is 14.1. The number of hydrogen-bond donors (Lipinski definition) is 1. The molecule has 0 radical (unpaired) electrons. The number of methoxy groups -OCH3 is 3. The first kappa shape index (κ1) is 23.2. The van der Waals surface area contributed by atoms with Gasteiger partial charge in [-0.15, -0.1) is 5.10 Å². The van der Waals surface area contributed by atoms with Gasteiger partial charge in [-0.2, -0.15) is 4.98 Å². The molecule has 1 N–H and O–H groups in total. The molecule has 0 saturated carbocycles. The van der Waals surface area contributed by atoms with Gasteiger partial charge in [0.25, 0.3) is 0 Å². The molecule has 182 valence electrons. The molecule has 0 fully saturated rings. The van der Waals surface area contributed by atoms with Gasteiger partial charge in [0.15, 0.2) is 17.3 Å². The van der Waals surface area contributed by atoms with Crippen molar-refractivity contribution in [1.82, 2.24) is 14.8 Å². The van der Waals surface area contributed by atoms with E-state index in [1.54, 1.807) is 44.2 Å². The van der Waals surface area contributed by atoms with E-state index in [1.165, 1.54) is 17.8 Å². The van der Waals surface area contributed by atoms with Gasteiger partial charge in [-0.25, -0.2) is 9.07 Å². The molecule has 0 saturated heterocycles. The summed E-state index contributed by atoms with van der Waals surface area (Å²) in [5, 5.41) is 8.52. The summed E-state index contributed by atoms with van der Waals surface area (Å²) in [5.74, 6) is 2.17. The van der Waals surface area contributed by atoms with Gasteiger partial charge in [-0.05, 0) is 42.2 Å².